The summed E-state index contributed by atoms with van der Waals surface area (Å²) in [6.07, 6.45) is 5.28. The van der Waals surface area contributed by atoms with E-state index in [-0.39, 0.29) is 5.91 Å². The Morgan fingerprint density at radius 3 is 2.46 bits per heavy atom. The molecule has 1 amide bonds. The fraction of sp³-hybridized carbons (Fsp3) is 0.696. The van der Waals surface area contributed by atoms with Crippen LogP contribution in [0.25, 0.3) is 0 Å². The molecular weight excluding hydrogens is 352 g/mol. The third-order valence-electron chi connectivity index (χ3n) is 5.10. The zero-order chi connectivity index (χ0) is 20.4. The molecule has 1 aromatic rings. The Morgan fingerprint density at radius 2 is 1.86 bits per heavy atom. The van der Waals surface area contributed by atoms with Gasteiger partial charge in [-0.3, -0.25) is 4.79 Å². The van der Waals surface area contributed by atoms with Crippen LogP contribution in [-0.4, -0.2) is 49.3 Å². The Labute approximate surface area is 170 Å². The third kappa shape index (κ3) is 7.44. The van der Waals surface area contributed by atoms with Gasteiger partial charge in [0.2, 0.25) is 0 Å². The zero-order valence-corrected chi connectivity index (χ0v) is 18.1. The second kappa shape index (κ2) is 11.4. The zero-order valence-electron chi connectivity index (χ0n) is 18.1. The number of anilines is 1. The van der Waals surface area contributed by atoms with Crippen molar-refractivity contribution >= 4 is 11.6 Å². The molecule has 5 heteroatoms. The van der Waals surface area contributed by atoms with E-state index in [1.165, 1.54) is 25.9 Å². The van der Waals surface area contributed by atoms with Gasteiger partial charge in [-0.15, -0.1) is 0 Å². The van der Waals surface area contributed by atoms with Crippen molar-refractivity contribution < 1.29 is 14.3 Å². The van der Waals surface area contributed by atoms with Gasteiger partial charge in [-0.05, 0) is 82.3 Å². The number of carbonyl (C=O) groups is 1. The maximum atomic E-state index is 12.8. The molecule has 0 unspecified atom stereocenters. The molecular formula is C23H38N2O3. The van der Waals surface area contributed by atoms with E-state index in [1.54, 1.807) is 0 Å². The van der Waals surface area contributed by atoms with Crippen LogP contribution in [0.4, 0.5) is 5.69 Å². The Balaban J connectivity index is 1.81. The SMILES string of the molecule is CCCO[C@@](C)(CC(C)C)C(=O)Nc1ccc(OCCCN2CCCC2)cc1. The van der Waals surface area contributed by atoms with Crippen LogP contribution in [0.5, 0.6) is 5.75 Å². The lowest BCUT2D eigenvalue weighted by Crippen LogP contribution is -2.44. The maximum absolute atomic E-state index is 12.8. The molecule has 0 radical (unpaired) electrons. The lowest BCUT2D eigenvalue weighted by Gasteiger charge is -2.30. The Morgan fingerprint density at radius 1 is 1.18 bits per heavy atom. The van der Waals surface area contributed by atoms with Crippen LogP contribution in [-0.2, 0) is 9.53 Å². The Hall–Kier alpha value is -1.59. The second-order valence-corrected chi connectivity index (χ2v) is 8.41. The van der Waals surface area contributed by atoms with Gasteiger partial charge >= 0.3 is 0 Å². The molecule has 1 atom stereocenters. The molecule has 1 fully saturated rings. The predicted octanol–water partition coefficient (Wildman–Crippen LogP) is 4.72. The monoisotopic (exact) mass is 390 g/mol. The van der Waals surface area contributed by atoms with Crippen LogP contribution >= 0.6 is 0 Å². The lowest BCUT2D eigenvalue weighted by atomic mass is 9.93. The topological polar surface area (TPSA) is 50.8 Å². The van der Waals surface area contributed by atoms with E-state index in [4.69, 9.17) is 9.47 Å². The first-order valence-corrected chi connectivity index (χ1v) is 10.8. The maximum Gasteiger partial charge on any atom is 0.256 e. The number of hydrogen-bond acceptors (Lipinski definition) is 4. The van der Waals surface area contributed by atoms with Crippen molar-refractivity contribution in [3.63, 3.8) is 0 Å². The van der Waals surface area contributed by atoms with Crippen LogP contribution in [0.3, 0.4) is 0 Å². The highest BCUT2D eigenvalue weighted by Crippen LogP contribution is 2.24. The molecule has 0 saturated carbocycles. The number of benzene rings is 1. The first-order chi connectivity index (χ1) is 13.4. The predicted molar refractivity (Wildman–Crippen MR) is 115 cm³/mol. The highest BCUT2D eigenvalue weighted by Gasteiger charge is 2.34. The first kappa shape index (κ1) is 22.7. The van der Waals surface area contributed by atoms with Gasteiger partial charge in [0.25, 0.3) is 5.91 Å². The van der Waals surface area contributed by atoms with Crippen molar-refractivity contribution in [3.05, 3.63) is 24.3 Å². The van der Waals surface area contributed by atoms with Gasteiger partial charge in [-0.1, -0.05) is 20.8 Å². The van der Waals surface area contributed by atoms with Crippen molar-refractivity contribution in [3.8, 4) is 5.75 Å². The number of carbonyl (C=O) groups excluding carboxylic acids is 1. The summed E-state index contributed by atoms with van der Waals surface area (Å²) in [5, 5.41) is 3.00. The second-order valence-electron chi connectivity index (χ2n) is 8.41. The molecule has 5 nitrogen and oxygen atoms in total. The van der Waals surface area contributed by atoms with Gasteiger partial charge in [-0.2, -0.15) is 0 Å². The molecule has 1 aliphatic rings. The van der Waals surface area contributed by atoms with E-state index in [0.29, 0.717) is 18.9 Å². The normalized spacial score (nSPS) is 16.9. The molecule has 1 heterocycles. The summed E-state index contributed by atoms with van der Waals surface area (Å²) in [5.74, 6) is 1.13. The number of hydrogen-bond donors (Lipinski definition) is 1. The van der Waals surface area contributed by atoms with Crippen LogP contribution in [0.15, 0.2) is 24.3 Å². The quantitative estimate of drug-likeness (QED) is 0.525. The largest absolute Gasteiger partial charge is 0.494 e. The van der Waals surface area contributed by atoms with Crippen molar-refractivity contribution in [2.45, 2.75) is 65.4 Å². The summed E-state index contributed by atoms with van der Waals surface area (Å²) in [6, 6.07) is 7.61. The fourth-order valence-electron chi connectivity index (χ4n) is 3.71. The van der Waals surface area contributed by atoms with Gasteiger partial charge in [0.1, 0.15) is 11.4 Å². The number of rotatable bonds is 12. The van der Waals surface area contributed by atoms with E-state index in [1.807, 2.05) is 31.2 Å². The molecule has 1 aromatic carbocycles. The number of ether oxygens (including phenoxy) is 2. The van der Waals surface area contributed by atoms with Crippen molar-refractivity contribution in [1.82, 2.24) is 4.90 Å². The average molecular weight is 391 g/mol. The van der Waals surface area contributed by atoms with E-state index in [0.717, 1.165) is 37.4 Å². The van der Waals surface area contributed by atoms with Gasteiger partial charge in [0, 0.05) is 18.8 Å². The number of nitrogens with one attached hydrogen (secondary N) is 1. The van der Waals surface area contributed by atoms with Gasteiger partial charge in [-0.25, -0.2) is 0 Å². The molecule has 0 aliphatic carbocycles. The van der Waals surface area contributed by atoms with Crippen LogP contribution < -0.4 is 10.1 Å². The summed E-state index contributed by atoms with van der Waals surface area (Å²) in [5.41, 5.74) is -0.0425. The lowest BCUT2D eigenvalue weighted by molar-refractivity contribution is -0.141. The van der Waals surface area contributed by atoms with Gasteiger partial charge in [0.15, 0.2) is 0 Å². The summed E-state index contributed by atoms with van der Waals surface area (Å²) in [7, 11) is 0. The molecule has 2 rings (SSSR count). The highest BCUT2D eigenvalue weighted by atomic mass is 16.5. The van der Waals surface area contributed by atoms with Crippen LogP contribution in [0, 0.1) is 5.92 Å². The molecule has 1 aliphatic heterocycles. The minimum absolute atomic E-state index is 0.0890. The molecule has 0 aromatic heterocycles. The molecule has 28 heavy (non-hydrogen) atoms. The molecule has 0 spiro atoms. The average Bonchev–Trinajstić information content (AvgIpc) is 3.18. The molecule has 1 saturated heterocycles. The smallest absolute Gasteiger partial charge is 0.256 e. The van der Waals surface area contributed by atoms with Crippen LogP contribution in [0.1, 0.15) is 59.8 Å². The summed E-state index contributed by atoms with van der Waals surface area (Å²) in [6.45, 7) is 13.0. The molecule has 158 valence electrons. The summed E-state index contributed by atoms with van der Waals surface area (Å²) < 4.78 is 11.7. The van der Waals surface area contributed by atoms with Crippen molar-refractivity contribution in [1.29, 1.82) is 0 Å². The summed E-state index contributed by atoms with van der Waals surface area (Å²) >= 11 is 0. The molecule has 0 bridgehead atoms. The number of amides is 1. The first-order valence-electron chi connectivity index (χ1n) is 10.8. The molecule has 1 N–H and O–H groups in total. The Kier molecular flexibility index (Phi) is 9.26. The Bertz CT molecular complexity index is 582. The minimum Gasteiger partial charge on any atom is -0.494 e. The van der Waals surface area contributed by atoms with E-state index >= 15 is 0 Å². The minimum atomic E-state index is -0.811. The van der Waals surface area contributed by atoms with E-state index < -0.39 is 5.60 Å². The van der Waals surface area contributed by atoms with E-state index in [9.17, 15) is 4.79 Å². The summed E-state index contributed by atoms with van der Waals surface area (Å²) in [4.78, 5) is 15.3. The van der Waals surface area contributed by atoms with Gasteiger partial charge < -0.3 is 19.7 Å². The van der Waals surface area contributed by atoms with E-state index in [2.05, 4.69) is 31.0 Å². The highest BCUT2D eigenvalue weighted by molar-refractivity contribution is 5.97. The van der Waals surface area contributed by atoms with Gasteiger partial charge in [0.05, 0.1) is 6.61 Å². The number of nitrogens with zero attached hydrogens (tertiary/aromatic N) is 1. The van der Waals surface area contributed by atoms with Crippen molar-refractivity contribution in [2.24, 2.45) is 5.92 Å². The van der Waals surface area contributed by atoms with Crippen LogP contribution in [0.2, 0.25) is 0 Å². The number of likely N-dealkylation sites (tertiary alicyclic amines) is 1. The third-order valence-corrected chi connectivity index (χ3v) is 5.10. The standard InChI is InChI=1S/C23H38N2O3/c1-5-16-28-23(4,18-19(2)3)22(26)24-20-9-11-21(12-10-20)27-17-8-15-25-13-6-7-14-25/h9-12,19H,5-8,13-18H2,1-4H3,(H,24,26)/t23-/m0/s1. The van der Waals surface area contributed by atoms with Crippen molar-refractivity contribution in [2.75, 3.05) is 38.2 Å². The fourth-order valence-corrected chi connectivity index (χ4v) is 3.71.